The molecule has 0 aromatic rings. The van der Waals surface area contributed by atoms with E-state index in [0.717, 1.165) is 18.9 Å². The van der Waals surface area contributed by atoms with Gasteiger partial charge in [0, 0.05) is 12.6 Å². The minimum Gasteiger partial charge on any atom is -0.355 e. The summed E-state index contributed by atoms with van der Waals surface area (Å²) in [5.74, 6) is 0.988. The maximum Gasteiger partial charge on any atom is 0.237 e. The second-order valence-corrected chi connectivity index (χ2v) is 3.45. The summed E-state index contributed by atoms with van der Waals surface area (Å²) >= 11 is 0. The highest BCUT2D eigenvalue weighted by Crippen LogP contribution is 2.40. The van der Waals surface area contributed by atoms with Gasteiger partial charge in [0.1, 0.15) is 0 Å². The second kappa shape index (κ2) is 2.48. The third kappa shape index (κ3) is 1.25. The van der Waals surface area contributed by atoms with Gasteiger partial charge < -0.3 is 10.6 Å². The lowest BCUT2D eigenvalue weighted by atomic mass is 10.2. The first kappa shape index (κ1) is 7.10. The van der Waals surface area contributed by atoms with Crippen LogP contribution in [0.15, 0.2) is 0 Å². The molecule has 3 nitrogen and oxygen atoms in total. The number of carbonyl (C=O) groups is 1. The van der Waals surface area contributed by atoms with Crippen molar-refractivity contribution in [2.75, 3.05) is 6.54 Å². The standard InChI is InChI=1S/C8H14N2O/c1-2-9-8(11)7-4-5-3-6(5)10-7/h5-7,10H,2-4H2,1H3,(H,9,11)/t5-,6-,7-/m0/s1. The van der Waals surface area contributed by atoms with Crippen LogP contribution in [0.5, 0.6) is 0 Å². The molecule has 1 saturated heterocycles. The van der Waals surface area contributed by atoms with Crippen LogP contribution in [0.3, 0.4) is 0 Å². The Morgan fingerprint density at radius 1 is 1.64 bits per heavy atom. The molecule has 62 valence electrons. The molecule has 0 aromatic heterocycles. The molecule has 2 aliphatic rings. The molecule has 2 rings (SSSR count). The van der Waals surface area contributed by atoms with Crippen molar-refractivity contribution in [2.24, 2.45) is 5.92 Å². The summed E-state index contributed by atoms with van der Waals surface area (Å²) in [6, 6.07) is 0.779. The molecule has 1 aliphatic heterocycles. The van der Waals surface area contributed by atoms with E-state index in [2.05, 4.69) is 10.6 Å². The van der Waals surface area contributed by atoms with Crippen LogP contribution >= 0.6 is 0 Å². The van der Waals surface area contributed by atoms with Crippen LogP contribution in [0, 0.1) is 5.92 Å². The van der Waals surface area contributed by atoms with Gasteiger partial charge in [0.15, 0.2) is 0 Å². The van der Waals surface area contributed by atoms with Gasteiger partial charge in [-0.3, -0.25) is 4.79 Å². The van der Waals surface area contributed by atoms with E-state index in [-0.39, 0.29) is 11.9 Å². The Morgan fingerprint density at radius 2 is 2.45 bits per heavy atom. The smallest absolute Gasteiger partial charge is 0.237 e. The molecular weight excluding hydrogens is 140 g/mol. The number of hydrogen-bond acceptors (Lipinski definition) is 2. The number of carbonyl (C=O) groups excluding carboxylic acids is 1. The van der Waals surface area contributed by atoms with E-state index >= 15 is 0 Å². The molecule has 0 bridgehead atoms. The first-order valence-electron chi connectivity index (χ1n) is 4.35. The van der Waals surface area contributed by atoms with Gasteiger partial charge >= 0.3 is 0 Å². The zero-order valence-electron chi connectivity index (χ0n) is 6.76. The molecule has 1 aliphatic carbocycles. The average Bonchev–Trinajstić information content (AvgIpc) is 2.59. The molecular formula is C8H14N2O. The molecule has 0 aromatic carbocycles. The van der Waals surface area contributed by atoms with Crippen molar-refractivity contribution in [3.63, 3.8) is 0 Å². The van der Waals surface area contributed by atoms with E-state index in [9.17, 15) is 4.79 Å². The molecule has 3 heteroatoms. The molecule has 0 spiro atoms. The third-order valence-corrected chi connectivity index (χ3v) is 2.54. The fourth-order valence-corrected chi connectivity index (χ4v) is 1.82. The monoisotopic (exact) mass is 154 g/mol. The summed E-state index contributed by atoms with van der Waals surface area (Å²) in [6.45, 7) is 2.69. The molecule has 0 unspecified atom stereocenters. The van der Waals surface area contributed by atoms with Crippen LogP contribution in [0.1, 0.15) is 19.8 Å². The zero-order chi connectivity index (χ0) is 7.84. The number of piperidine rings is 1. The quantitative estimate of drug-likeness (QED) is 0.582. The lowest BCUT2D eigenvalue weighted by Crippen LogP contribution is -2.42. The molecule has 1 amide bonds. The zero-order valence-corrected chi connectivity index (χ0v) is 6.76. The summed E-state index contributed by atoms with van der Waals surface area (Å²) < 4.78 is 0. The van der Waals surface area contributed by atoms with Crippen LogP contribution in [0.4, 0.5) is 0 Å². The van der Waals surface area contributed by atoms with Gasteiger partial charge in [-0.2, -0.15) is 0 Å². The summed E-state index contributed by atoms with van der Waals surface area (Å²) in [4.78, 5) is 11.2. The topological polar surface area (TPSA) is 41.1 Å². The van der Waals surface area contributed by atoms with Gasteiger partial charge in [0.05, 0.1) is 6.04 Å². The number of likely N-dealkylation sites (N-methyl/N-ethyl adjacent to an activating group) is 1. The van der Waals surface area contributed by atoms with Crippen LogP contribution in [-0.2, 0) is 4.79 Å². The highest BCUT2D eigenvalue weighted by molar-refractivity contribution is 5.82. The van der Waals surface area contributed by atoms with Crippen molar-refractivity contribution in [3.8, 4) is 0 Å². The second-order valence-electron chi connectivity index (χ2n) is 3.45. The van der Waals surface area contributed by atoms with Crippen molar-refractivity contribution in [1.29, 1.82) is 0 Å². The van der Waals surface area contributed by atoms with E-state index in [1.165, 1.54) is 6.42 Å². The lowest BCUT2D eigenvalue weighted by molar-refractivity contribution is -0.122. The maximum absolute atomic E-state index is 11.2. The largest absolute Gasteiger partial charge is 0.355 e. The number of fused-ring (bicyclic) bond motifs is 1. The minimum atomic E-state index is 0.110. The highest BCUT2D eigenvalue weighted by atomic mass is 16.2. The van der Waals surface area contributed by atoms with Gasteiger partial charge in [-0.05, 0) is 25.7 Å². The first-order chi connectivity index (χ1) is 5.31. The Labute approximate surface area is 66.5 Å². The van der Waals surface area contributed by atoms with Crippen molar-refractivity contribution >= 4 is 5.91 Å². The van der Waals surface area contributed by atoms with Crippen LogP contribution in [0.25, 0.3) is 0 Å². The predicted molar refractivity (Wildman–Crippen MR) is 42.1 cm³/mol. The third-order valence-electron chi connectivity index (χ3n) is 2.54. The van der Waals surface area contributed by atoms with Crippen molar-refractivity contribution < 1.29 is 4.79 Å². The van der Waals surface area contributed by atoms with Gasteiger partial charge in [0.2, 0.25) is 5.91 Å². The van der Waals surface area contributed by atoms with Gasteiger partial charge in [-0.15, -0.1) is 0 Å². The van der Waals surface area contributed by atoms with E-state index in [1.807, 2.05) is 6.92 Å². The van der Waals surface area contributed by atoms with E-state index in [1.54, 1.807) is 0 Å². The van der Waals surface area contributed by atoms with Crippen LogP contribution in [0.2, 0.25) is 0 Å². The summed E-state index contributed by atoms with van der Waals surface area (Å²) in [6.07, 6.45) is 2.34. The molecule has 1 saturated carbocycles. The molecule has 0 radical (unpaired) electrons. The van der Waals surface area contributed by atoms with Crippen molar-refractivity contribution in [3.05, 3.63) is 0 Å². The minimum absolute atomic E-state index is 0.110. The Hall–Kier alpha value is -0.570. The van der Waals surface area contributed by atoms with E-state index in [0.29, 0.717) is 6.04 Å². The van der Waals surface area contributed by atoms with Gasteiger partial charge in [-0.25, -0.2) is 0 Å². The number of amides is 1. The van der Waals surface area contributed by atoms with E-state index < -0.39 is 0 Å². The summed E-state index contributed by atoms with van der Waals surface area (Å²) in [5.41, 5.74) is 0. The van der Waals surface area contributed by atoms with Crippen molar-refractivity contribution in [1.82, 2.24) is 10.6 Å². The molecule has 1 heterocycles. The molecule has 3 atom stereocenters. The Kier molecular flexibility index (Phi) is 1.60. The lowest BCUT2D eigenvalue weighted by Gasteiger charge is -2.11. The molecule has 2 N–H and O–H groups in total. The van der Waals surface area contributed by atoms with E-state index in [4.69, 9.17) is 0 Å². The maximum atomic E-state index is 11.2. The van der Waals surface area contributed by atoms with Gasteiger partial charge in [0.25, 0.3) is 0 Å². The van der Waals surface area contributed by atoms with Crippen LogP contribution < -0.4 is 10.6 Å². The average molecular weight is 154 g/mol. The number of rotatable bonds is 2. The number of hydrogen-bond donors (Lipinski definition) is 2. The Balaban J connectivity index is 1.82. The van der Waals surface area contributed by atoms with Crippen molar-refractivity contribution in [2.45, 2.75) is 31.8 Å². The molecule has 2 fully saturated rings. The van der Waals surface area contributed by atoms with Crippen LogP contribution in [-0.4, -0.2) is 24.5 Å². The molecule has 11 heavy (non-hydrogen) atoms. The SMILES string of the molecule is CCNC(=O)[C@@H]1C[C@@H]2C[C@@H]2N1. The summed E-state index contributed by atoms with van der Waals surface area (Å²) in [5, 5.41) is 6.13. The first-order valence-corrected chi connectivity index (χ1v) is 4.35. The fourth-order valence-electron chi connectivity index (χ4n) is 1.82. The fraction of sp³-hybridized carbons (Fsp3) is 0.875. The Bertz CT molecular complexity index is 171. The number of nitrogens with one attached hydrogen (secondary N) is 2. The Morgan fingerprint density at radius 3 is 3.00 bits per heavy atom. The predicted octanol–water partition coefficient (Wildman–Crippen LogP) is -0.127. The highest BCUT2D eigenvalue weighted by Gasteiger charge is 2.47. The van der Waals surface area contributed by atoms with Gasteiger partial charge in [-0.1, -0.05) is 0 Å². The normalized spacial score (nSPS) is 39.9. The summed E-state index contributed by atoms with van der Waals surface area (Å²) in [7, 11) is 0.